The van der Waals surface area contributed by atoms with Gasteiger partial charge in [0.05, 0.1) is 11.3 Å². The number of ether oxygens (including phenoxy) is 1. The number of nitrogens with one attached hydrogen (secondary N) is 1. The van der Waals surface area contributed by atoms with Crippen LogP contribution < -0.4 is 5.32 Å². The lowest BCUT2D eigenvalue weighted by Gasteiger charge is -2.19. The van der Waals surface area contributed by atoms with Crippen LogP contribution in [0.5, 0.6) is 0 Å². The number of aryl methyl sites for hydroxylation is 1. The molecule has 0 spiro atoms. The molecule has 0 aliphatic heterocycles. The van der Waals surface area contributed by atoms with Gasteiger partial charge in [-0.15, -0.1) is 0 Å². The lowest BCUT2D eigenvalue weighted by Crippen LogP contribution is -2.27. The number of anilines is 1. The molecule has 5 nitrogen and oxygen atoms in total. The molecule has 0 fully saturated rings. The first-order valence-corrected chi connectivity index (χ1v) is 7.44. The number of rotatable bonds is 3. The van der Waals surface area contributed by atoms with Gasteiger partial charge in [0.25, 0.3) is 0 Å². The minimum absolute atomic E-state index is 0.130. The Balaban J connectivity index is 2.34. The van der Waals surface area contributed by atoms with Crippen LogP contribution in [0.2, 0.25) is 0 Å². The highest BCUT2D eigenvalue weighted by atomic mass is 16.6. The second-order valence-electron chi connectivity index (χ2n) is 6.44. The SMILES string of the molecule is Cc1c(C(=O)c2ccccc2)c(NC(=O)OC(C)(C)C)cn1C. The number of carbonyl (C=O) groups excluding carboxylic acids is 2. The quantitative estimate of drug-likeness (QED) is 0.874. The summed E-state index contributed by atoms with van der Waals surface area (Å²) in [5.74, 6) is -0.130. The summed E-state index contributed by atoms with van der Waals surface area (Å²) in [7, 11) is 1.83. The van der Waals surface area contributed by atoms with Gasteiger partial charge in [-0.05, 0) is 27.7 Å². The van der Waals surface area contributed by atoms with Crippen molar-refractivity contribution in [2.45, 2.75) is 33.3 Å². The van der Waals surface area contributed by atoms with Crippen molar-refractivity contribution in [1.29, 1.82) is 0 Å². The van der Waals surface area contributed by atoms with Gasteiger partial charge >= 0.3 is 6.09 Å². The molecular weight excluding hydrogens is 292 g/mol. The Morgan fingerprint density at radius 1 is 1.13 bits per heavy atom. The molecule has 2 rings (SSSR count). The zero-order valence-corrected chi connectivity index (χ0v) is 14.1. The second-order valence-corrected chi connectivity index (χ2v) is 6.44. The van der Waals surface area contributed by atoms with Crippen LogP contribution in [0.15, 0.2) is 36.5 Å². The molecule has 0 atom stereocenters. The van der Waals surface area contributed by atoms with Crippen LogP contribution in [0.3, 0.4) is 0 Å². The number of hydrogen-bond donors (Lipinski definition) is 1. The number of ketones is 1. The van der Waals surface area contributed by atoms with E-state index in [4.69, 9.17) is 4.74 Å². The van der Waals surface area contributed by atoms with Crippen LogP contribution in [-0.2, 0) is 11.8 Å². The number of aromatic nitrogens is 1. The first-order valence-electron chi connectivity index (χ1n) is 7.44. The van der Waals surface area contributed by atoms with Crippen LogP contribution in [0.25, 0.3) is 0 Å². The van der Waals surface area contributed by atoms with Gasteiger partial charge in [0.1, 0.15) is 5.60 Å². The average Bonchev–Trinajstić information content (AvgIpc) is 2.72. The van der Waals surface area contributed by atoms with Gasteiger partial charge in [0.2, 0.25) is 0 Å². The molecule has 122 valence electrons. The highest BCUT2D eigenvalue weighted by Crippen LogP contribution is 2.25. The van der Waals surface area contributed by atoms with E-state index in [1.54, 1.807) is 39.1 Å². The Hall–Kier alpha value is -2.56. The molecule has 1 aromatic heterocycles. The Morgan fingerprint density at radius 2 is 1.74 bits per heavy atom. The van der Waals surface area contributed by atoms with E-state index in [9.17, 15) is 9.59 Å². The Bertz CT molecular complexity index is 725. The van der Waals surface area contributed by atoms with Gasteiger partial charge in [-0.25, -0.2) is 4.79 Å². The molecule has 0 saturated heterocycles. The minimum Gasteiger partial charge on any atom is -0.444 e. The summed E-state index contributed by atoms with van der Waals surface area (Å²) in [5.41, 5.74) is 1.69. The maximum Gasteiger partial charge on any atom is 0.412 e. The van der Waals surface area contributed by atoms with Gasteiger partial charge < -0.3 is 9.30 Å². The fraction of sp³-hybridized carbons (Fsp3) is 0.333. The van der Waals surface area contributed by atoms with E-state index in [1.165, 1.54) is 0 Å². The van der Waals surface area contributed by atoms with Crippen LogP contribution in [0.4, 0.5) is 10.5 Å². The fourth-order valence-corrected chi connectivity index (χ4v) is 2.26. The summed E-state index contributed by atoms with van der Waals surface area (Å²) in [6, 6.07) is 8.99. The van der Waals surface area contributed by atoms with Crippen molar-refractivity contribution >= 4 is 17.6 Å². The zero-order chi connectivity index (χ0) is 17.2. The zero-order valence-electron chi connectivity index (χ0n) is 14.1. The smallest absolute Gasteiger partial charge is 0.412 e. The monoisotopic (exact) mass is 314 g/mol. The van der Waals surface area contributed by atoms with Crippen LogP contribution >= 0.6 is 0 Å². The summed E-state index contributed by atoms with van der Waals surface area (Å²) >= 11 is 0. The van der Waals surface area contributed by atoms with Crippen LogP contribution in [-0.4, -0.2) is 22.0 Å². The first kappa shape index (κ1) is 16.8. The number of carbonyl (C=O) groups is 2. The van der Waals surface area contributed by atoms with E-state index in [0.717, 1.165) is 5.69 Å². The van der Waals surface area contributed by atoms with Crippen molar-refractivity contribution in [2.75, 3.05) is 5.32 Å². The predicted molar refractivity (Wildman–Crippen MR) is 89.9 cm³/mol. The molecule has 0 radical (unpaired) electrons. The maximum absolute atomic E-state index is 12.8. The number of nitrogens with zero attached hydrogens (tertiary/aromatic N) is 1. The Morgan fingerprint density at radius 3 is 2.30 bits per heavy atom. The molecule has 0 unspecified atom stereocenters. The Labute approximate surface area is 136 Å². The second kappa shape index (κ2) is 6.28. The van der Waals surface area contributed by atoms with E-state index in [-0.39, 0.29) is 5.78 Å². The lowest BCUT2D eigenvalue weighted by molar-refractivity contribution is 0.0636. The van der Waals surface area contributed by atoms with E-state index >= 15 is 0 Å². The summed E-state index contributed by atoms with van der Waals surface area (Å²) in [6.45, 7) is 7.22. The van der Waals surface area contributed by atoms with Crippen molar-refractivity contribution < 1.29 is 14.3 Å². The third kappa shape index (κ3) is 4.00. The van der Waals surface area contributed by atoms with Crippen molar-refractivity contribution in [3.63, 3.8) is 0 Å². The van der Waals surface area contributed by atoms with Crippen molar-refractivity contribution in [1.82, 2.24) is 4.57 Å². The normalized spacial score (nSPS) is 11.2. The van der Waals surface area contributed by atoms with Crippen molar-refractivity contribution in [3.8, 4) is 0 Å². The molecule has 1 heterocycles. The molecule has 2 aromatic rings. The third-order valence-corrected chi connectivity index (χ3v) is 3.38. The number of amides is 1. The molecule has 0 saturated carbocycles. The highest BCUT2D eigenvalue weighted by molar-refractivity contribution is 6.14. The number of hydrogen-bond acceptors (Lipinski definition) is 3. The predicted octanol–water partition coefficient (Wildman–Crippen LogP) is 3.91. The van der Waals surface area contributed by atoms with Crippen LogP contribution in [0, 0.1) is 6.92 Å². The van der Waals surface area contributed by atoms with Crippen molar-refractivity contribution in [3.05, 3.63) is 53.3 Å². The van der Waals surface area contributed by atoms with E-state index < -0.39 is 11.7 Å². The Kier molecular flexibility index (Phi) is 4.59. The largest absolute Gasteiger partial charge is 0.444 e. The van der Waals surface area contributed by atoms with Gasteiger partial charge in [-0.2, -0.15) is 0 Å². The summed E-state index contributed by atoms with van der Waals surface area (Å²) in [5, 5.41) is 2.68. The lowest BCUT2D eigenvalue weighted by atomic mass is 10.0. The molecule has 0 aliphatic carbocycles. The molecule has 1 amide bonds. The van der Waals surface area contributed by atoms with Gasteiger partial charge in [-0.1, -0.05) is 30.3 Å². The first-order chi connectivity index (χ1) is 10.7. The molecule has 1 N–H and O–H groups in total. The van der Waals surface area contributed by atoms with E-state index in [1.807, 2.05) is 36.7 Å². The molecule has 0 aliphatic rings. The summed E-state index contributed by atoms with van der Waals surface area (Å²) in [6.07, 6.45) is 1.14. The third-order valence-electron chi connectivity index (χ3n) is 3.38. The van der Waals surface area contributed by atoms with Gasteiger partial charge in [-0.3, -0.25) is 10.1 Å². The van der Waals surface area contributed by atoms with E-state index in [0.29, 0.717) is 16.8 Å². The highest BCUT2D eigenvalue weighted by Gasteiger charge is 2.23. The molecule has 1 aromatic carbocycles. The van der Waals surface area contributed by atoms with Gasteiger partial charge in [0, 0.05) is 24.5 Å². The van der Waals surface area contributed by atoms with Crippen molar-refractivity contribution in [2.24, 2.45) is 7.05 Å². The molecular formula is C18H22N2O3. The van der Waals surface area contributed by atoms with Gasteiger partial charge in [0.15, 0.2) is 5.78 Å². The fourth-order valence-electron chi connectivity index (χ4n) is 2.26. The topological polar surface area (TPSA) is 60.3 Å². The number of benzene rings is 1. The van der Waals surface area contributed by atoms with Crippen LogP contribution in [0.1, 0.15) is 42.4 Å². The average molecular weight is 314 g/mol. The summed E-state index contributed by atoms with van der Waals surface area (Å²) in [4.78, 5) is 24.8. The molecule has 5 heteroatoms. The molecule has 23 heavy (non-hydrogen) atoms. The molecule has 0 bridgehead atoms. The maximum atomic E-state index is 12.8. The van der Waals surface area contributed by atoms with E-state index in [2.05, 4.69) is 5.32 Å². The standard InChI is InChI=1S/C18H22N2O3/c1-12-15(16(21)13-9-7-6-8-10-13)14(11-20(12)5)19-17(22)23-18(2,3)4/h6-11H,1-5H3,(H,19,22). The minimum atomic E-state index is -0.600. The summed E-state index contributed by atoms with van der Waals surface area (Å²) < 4.78 is 7.07.